The number of aliphatic carboxylic acids is 1. The van der Waals surface area contributed by atoms with Crippen LogP contribution in [-0.4, -0.2) is 24.1 Å². The van der Waals surface area contributed by atoms with Gasteiger partial charge in [0.25, 0.3) is 0 Å². The van der Waals surface area contributed by atoms with Crippen LogP contribution in [0.3, 0.4) is 0 Å². The van der Waals surface area contributed by atoms with Crippen molar-refractivity contribution >= 4 is 29.2 Å². The van der Waals surface area contributed by atoms with Gasteiger partial charge in [-0.3, -0.25) is 9.59 Å². The summed E-state index contributed by atoms with van der Waals surface area (Å²) in [6, 6.07) is 4.70. The van der Waals surface area contributed by atoms with Crippen molar-refractivity contribution in [2.24, 2.45) is 11.3 Å². The van der Waals surface area contributed by atoms with E-state index in [0.29, 0.717) is 16.5 Å². The normalized spacial score (nSPS) is 12.7. The lowest BCUT2D eigenvalue weighted by atomic mass is 9.80. The molecule has 1 rings (SSSR count). The van der Waals surface area contributed by atoms with Gasteiger partial charge in [0, 0.05) is 11.8 Å². The van der Waals surface area contributed by atoms with E-state index in [4.69, 9.17) is 16.3 Å². The van der Waals surface area contributed by atoms with E-state index in [2.05, 4.69) is 5.32 Å². The molecule has 1 amide bonds. The third-order valence-corrected chi connectivity index (χ3v) is 3.11. The second kappa shape index (κ2) is 6.13. The number of methoxy groups -OCH3 is 1. The van der Waals surface area contributed by atoms with Crippen LogP contribution in [-0.2, 0) is 9.59 Å². The summed E-state index contributed by atoms with van der Waals surface area (Å²) < 4.78 is 5.04. The Hall–Kier alpha value is -1.75. The maximum atomic E-state index is 12.1. The van der Waals surface area contributed by atoms with E-state index in [0.717, 1.165) is 0 Å². The molecular formula is C14H18ClNO4. The topological polar surface area (TPSA) is 75.6 Å². The number of benzene rings is 1. The fourth-order valence-electron chi connectivity index (χ4n) is 1.83. The molecule has 0 aromatic heterocycles. The summed E-state index contributed by atoms with van der Waals surface area (Å²) in [5.74, 6) is -2.47. The lowest BCUT2D eigenvalue weighted by Gasteiger charge is -2.26. The minimum atomic E-state index is -1.16. The monoisotopic (exact) mass is 299 g/mol. The van der Waals surface area contributed by atoms with Gasteiger partial charge in [-0.2, -0.15) is 0 Å². The number of carbonyl (C=O) groups excluding carboxylic acids is 1. The molecule has 2 N–H and O–H groups in total. The average molecular weight is 300 g/mol. The molecule has 0 heterocycles. The molecule has 1 aromatic rings. The van der Waals surface area contributed by atoms with E-state index in [-0.39, 0.29) is 0 Å². The summed E-state index contributed by atoms with van der Waals surface area (Å²) in [6.45, 7) is 5.11. The van der Waals surface area contributed by atoms with Gasteiger partial charge >= 0.3 is 5.97 Å². The van der Waals surface area contributed by atoms with Crippen LogP contribution in [0, 0.1) is 11.3 Å². The second-order valence-electron chi connectivity index (χ2n) is 5.48. The molecule has 110 valence electrons. The summed E-state index contributed by atoms with van der Waals surface area (Å²) in [6.07, 6.45) is 0. The zero-order valence-corrected chi connectivity index (χ0v) is 12.6. The maximum Gasteiger partial charge on any atom is 0.316 e. The Balaban J connectivity index is 2.97. The van der Waals surface area contributed by atoms with Crippen molar-refractivity contribution in [1.29, 1.82) is 0 Å². The smallest absolute Gasteiger partial charge is 0.316 e. The molecule has 20 heavy (non-hydrogen) atoms. The molecule has 6 heteroatoms. The van der Waals surface area contributed by atoms with E-state index >= 15 is 0 Å². The number of rotatable bonds is 4. The molecule has 0 saturated heterocycles. The molecular weight excluding hydrogens is 282 g/mol. The quantitative estimate of drug-likeness (QED) is 0.838. The van der Waals surface area contributed by atoms with Crippen molar-refractivity contribution in [3.8, 4) is 5.75 Å². The molecule has 0 fully saturated rings. The Morgan fingerprint density at radius 1 is 1.35 bits per heavy atom. The lowest BCUT2D eigenvalue weighted by molar-refractivity contribution is -0.149. The highest BCUT2D eigenvalue weighted by atomic mass is 35.5. The van der Waals surface area contributed by atoms with Crippen molar-refractivity contribution in [1.82, 2.24) is 0 Å². The first kappa shape index (κ1) is 16.3. The summed E-state index contributed by atoms with van der Waals surface area (Å²) in [5, 5.41) is 12.2. The molecule has 0 aliphatic carbocycles. The molecule has 0 radical (unpaired) electrons. The number of hydrogen-bond donors (Lipinski definition) is 2. The molecule has 0 aliphatic heterocycles. The fourth-order valence-corrected chi connectivity index (χ4v) is 2.02. The van der Waals surface area contributed by atoms with Crippen LogP contribution in [0.2, 0.25) is 5.02 Å². The van der Waals surface area contributed by atoms with Gasteiger partial charge in [0.2, 0.25) is 5.91 Å². The second-order valence-corrected chi connectivity index (χ2v) is 5.88. The maximum absolute atomic E-state index is 12.1. The van der Waals surface area contributed by atoms with Crippen LogP contribution in [0.15, 0.2) is 18.2 Å². The number of carbonyl (C=O) groups is 2. The van der Waals surface area contributed by atoms with Crippen LogP contribution in [0.4, 0.5) is 5.69 Å². The van der Waals surface area contributed by atoms with Crippen LogP contribution in [0.25, 0.3) is 0 Å². The van der Waals surface area contributed by atoms with Gasteiger partial charge < -0.3 is 15.2 Å². The molecule has 1 aromatic carbocycles. The molecule has 0 bridgehead atoms. The number of halogens is 1. The molecule has 0 spiro atoms. The van der Waals surface area contributed by atoms with Gasteiger partial charge in [-0.15, -0.1) is 0 Å². The first-order valence-electron chi connectivity index (χ1n) is 6.04. The molecule has 0 saturated carbocycles. The van der Waals surface area contributed by atoms with Gasteiger partial charge in [-0.1, -0.05) is 32.4 Å². The van der Waals surface area contributed by atoms with Gasteiger partial charge in [-0.25, -0.2) is 0 Å². The van der Waals surface area contributed by atoms with Crippen molar-refractivity contribution in [2.75, 3.05) is 12.4 Å². The fraction of sp³-hybridized carbons (Fsp3) is 0.429. The molecule has 5 nitrogen and oxygen atoms in total. The Morgan fingerprint density at radius 2 is 1.95 bits per heavy atom. The predicted octanol–water partition coefficient (Wildman–Crippen LogP) is 3.03. The Labute approximate surface area is 122 Å². The molecule has 0 aliphatic rings. The first-order chi connectivity index (χ1) is 9.16. The largest absolute Gasteiger partial charge is 0.495 e. The van der Waals surface area contributed by atoms with E-state index in [1.165, 1.54) is 7.11 Å². The Kier molecular flexibility index (Phi) is 5.00. The highest BCUT2D eigenvalue weighted by Crippen LogP contribution is 2.30. The summed E-state index contributed by atoms with van der Waals surface area (Å²) in [7, 11) is 1.46. The van der Waals surface area contributed by atoms with E-state index in [1.54, 1.807) is 39.0 Å². The van der Waals surface area contributed by atoms with Crippen molar-refractivity contribution in [3.63, 3.8) is 0 Å². The molecule has 1 unspecified atom stereocenters. The zero-order valence-electron chi connectivity index (χ0n) is 11.9. The van der Waals surface area contributed by atoms with Crippen LogP contribution in [0.1, 0.15) is 20.8 Å². The highest BCUT2D eigenvalue weighted by molar-refractivity contribution is 6.32. The van der Waals surface area contributed by atoms with Crippen LogP contribution in [0.5, 0.6) is 5.75 Å². The van der Waals surface area contributed by atoms with Crippen molar-refractivity contribution in [2.45, 2.75) is 20.8 Å². The lowest BCUT2D eigenvalue weighted by Crippen LogP contribution is -2.39. The van der Waals surface area contributed by atoms with Crippen LogP contribution >= 0.6 is 11.6 Å². The third-order valence-electron chi connectivity index (χ3n) is 2.79. The number of hydrogen-bond acceptors (Lipinski definition) is 3. The Morgan fingerprint density at radius 3 is 2.40 bits per heavy atom. The summed E-state index contributed by atoms with van der Waals surface area (Å²) >= 11 is 5.89. The van der Waals surface area contributed by atoms with Gasteiger partial charge in [-0.05, 0) is 17.5 Å². The minimum Gasteiger partial charge on any atom is -0.495 e. The van der Waals surface area contributed by atoms with Gasteiger partial charge in [0.15, 0.2) is 0 Å². The highest BCUT2D eigenvalue weighted by Gasteiger charge is 2.37. The first-order valence-corrected chi connectivity index (χ1v) is 6.42. The number of nitrogens with one attached hydrogen (secondary N) is 1. The van der Waals surface area contributed by atoms with E-state index in [9.17, 15) is 14.7 Å². The number of carboxylic acids is 1. The van der Waals surface area contributed by atoms with Crippen LogP contribution < -0.4 is 10.1 Å². The number of carboxylic acid groups (broad SMARTS) is 1. The zero-order chi connectivity index (χ0) is 15.5. The van der Waals surface area contributed by atoms with E-state index in [1.807, 2.05) is 0 Å². The van der Waals surface area contributed by atoms with E-state index < -0.39 is 23.2 Å². The summed E-state index contributed by atoms with van der Waals surface area (Å²) in [5.41, 5.74) is -0.251. The number of ether oxygens (including phenoxy) is 1. The number of anilines is 1. The van der Waals surface area contributed by atoms with Gasteiger partial charge in [0.1, 0.15) is 11.7 Å². The minimum absolute atomic E-state index is 0.409. The van der Waals surface area contributed by atoms with Crippen molar-refractivity contribution < 1.29 is 19.4 Å². The summed E-state index contributed by atoms with van der Waals surface area (Å²) in [4.78, 5) is 23.4. The van der Waals surface area contributed by atoms with Gasteiger partial charge in [0.05, 0.1) is 12.1 Å². The van der Waals surface area contributed by atoms with Crippen molar-refractivity contribution in [3.05, 3.63) is 23.2 Å². The molecule has 1 atom stereocenters. The Bertz CT molecular complexity index is 522. The third kappa shape index (κ3) is 3.87. The SMILES string of the molecule is COc1cc(NC(=O)C(C(=O)O)C(C)(C)C)ccc1Cl. The standard InChI is InChI=1S/C14H18ClNO4/c1-14(2,3)11(13(18)19)12(17)16-8-5-6-9(15)10(7-8)20-4/h5-7,11H,1-4H3,(H,16,17)(H,18,19). The predicted molar refractivity (Wildman–Crippen MR) is 77.2 cm³/mol. The average Bonchev–Trinajstić information content (AvgIpc) is 2.29. The number of amides is 1.